The highest BCUT2D eigenvalue weighted by atomic mass is 16.3. The summed E-state index contributed by atoms with van der Waals surface area (Å²) in [4.78, 5) is 0. The molecule has 0 bridgehead atoms. The molecule has 3 N–H and O–H groups in total. The van der Waals surface area contributed by atoms with E-state index in [1.807, 2.05) is 6.07 Å². The van der Waals surface area contributed by atoms with Gasteiger partial charge in [-0.1, -0.05) is 43.7 Å². The van der Waals surface area contributed by atoms with Crippen molar-refractivity contribution in [3.63, 3.8) is 0 Å². The van der Waals surface area contributed by atoms with Crippen LogP contribution in [0.25, 0.3) is 0 Å². The van der Waals surface area contributed by atoms with Gasteiger partial charge in [-0.2, -0.15) is 0 Å². The fraction of sp³-hybridized carbons (Fsp3) is 0.600. The molecule has 2 heteroatoms. The van der Waals surface area contributed by atoms with E-state index in [9.17, 15) is 5.11 Å². The quantitative estimate of drug-likeness (QED) is 0.796. The first-order chi connectivity index (χ1) is 8.04. The van der Waals surface area contributed by atoms with Crippen molar-refractivity contribution in [3.8, 4) is 0 Å². The maximum absolute atomic E-state index is 9.75. The van der Waals surface area contributed by atoms with Gasteiger partial charge >= 0.3 is 0 Å². The Bertz CT molecular complexity index is 343. The summed E-state index contributed by atoms with van der Waals surface area (Å²) in [7, 11) is 0. The van der Waals surface area contributed by atoms with Gasteiger partial charge in [-0.3, -0.25) is 0 Å². The molecule has 1 rings (SSSR count). The van der Waals surface area contributed by atoms with Gasteiger partial charge in [-0.15, -0.1) is 0 Å². The highest BCUT2D eigenvalue weighted by molar-refractivity contribution is 5.30. The summed E-state index contributed by atoms with van der Waals surface area (Å²) in [5.41, 5.74) is 8.05. The van der Waals surface area contributed by atoms with Gasteiger partial charge in [0.25, 0.3) is 0 Å². The molecule has 0 aromatic heterocycles. The minimum atomic E-state index is -0.268. The number of hydrogen-bond acceptors (Lipinski definition) is 2. The minimum absolute atomic E-state index is 0.125. The zero-order valence-corrected chi connectivity index (χ0v) is 11.2. The normalized spacial score (nSPS) is 14.9. The lowest BCUT2D eigenvalue weighted by Crippen LogP contribution is -2.39. The van der Waals surface area contributed by atoms with E-state index >= 15 is 0 Å². The highest BCUT2D eigenvalue weighted by Gasteiger charge is 2.30. The van der Waals surface area contributed by atoms with E-state index < -0.39 is 0 Å². The van der Waals surface area contributed by atoms with E-state index in [1.165, 1.54) is 11.1 Å². The molecule has 0 spiro atoms. The van der Waals surface area contributed by atoms with E-state index in [0.29, 0.717) is 12.5 Å². The van der Waals surface area contributed by atoms with E-state index in [1.54, 1.807) is 0 Å². The molecule has 0 aliphatic heterocycles. The van der Waals surface area contributed by atoms with Crippen LogP contribution in [-0.2, 0) is 5.41 Å². The summed E-state index contributed by atoms with van der Waals surface area (Å²) in [5.74, 6) is 0.636. The second-order valence-electron chi connectivity index (χ2n) is 5.44. The Hall–Kier alpha value is -0.860. The Morgan fingerprint density at radius 2 is 2.06 bits per heavy atom. The molecule has 2 nitrogen and oxygen atoms in total. The fourth-order valence-corrected chi connectivity index (χ4v) is 2.14. The molecule has 0 radical (unpaired) electrons. The topological polar surface area (TPSA) is 46.2 Å². The zero-order chi connectivity index (χ0) is 12.9. The number of nitrogens with two attached hydrogens (primary N) is 1. The number of rotatable bonds is 6. The molecule has 0 aliphatic rings. The molecule has 0 heterocycles. The maximum Gasteiger partial charge on any atom is 0.0540 e. The Kier molecular flexibility index (Phi) is 5.16. The van der Waals surface area contributed by atoms with Gasteiger partial charge in [-0.05, 0) is 31.2 Å². The maximum atomic E-state index is 9.75. The smallest absolute Gasteiger partial charge is 0.0540 e. The first-order valence-electron chi connectivity index (χ1n) is 6.42. The van der Waals surface area contributed by atoms with Gasteiger partial charge < -0.3 is 10.8 Å². The molecule has 0 saturated heterocycles. The van der Waals surface area contributed by atoms with Crippen LogP contribution in [0.3, 0.4) is 0 Å². The minimum Gasteiger partial charge on any atom is -0.395 e. The predicted molar refractivity (Wildman–Crippen MR) is 73.1 cm³/mol. The number of aliphatic hydroxyl groups is 1. The molecule has 1 aromatic carbocycles. The summed E-state index contributed by atoms with van der Waals surface area (Å²) in [6, 6.07) is 8.34. The lowest BCUT2D eigenvalue weighted by atomic mass is 9.76. The van der Waals surface area contributed by atoms with Crippen molar-refractivity contribution in [2.45, 2.75) is 39.0 Å². The van der Waals surface area contributed by atoms with Crippen LogP contribution in [0, 0.1) is 12.8 Å². The third kappa shape index (κ3) is 3.55. The molecular formula is C15H25NO. The van der Waals surface area contributed by atoms with Crippen LogP contribution in [0.15, 0.2) is 24.3 Å². The lowest BCUT2D eigenvalue weighted by Gasteiger charge is -2.32. The van der Waals surface area contributed by atoms with Crippen molar-refractivity contribution in [2.24, 2.45) is 11.7 Å². The average molecular weight is 235 g/mol. The van der Waals surface area contributed by atoms with Crippen molar-refractivity contribution in [3.05, 3.63) is 35.4 Å². The van der Waals surface area contributed by atoms with Crippen LogP contribution >= 0.6 is 0 Å². The fourth-order valence-electron chi connectivity index (χ4n) is 2.14. The first-order valence-corrected chi connectivity index (χ1v) is 6.42. The van der Waals surface area contributed by atoms with Crippen molar-refractivity contribution in [2.75, 3.05) is 13.2 Å². The molecule has 1 aromatic rings. The van der Waals surface area contributed by atoms with Gasteiger partial charge in [0, 0.05) is 12.0 Å². The van der Waals surface area contributed by atoms with E-state index in [0.717, 1.165) is 12.8 Å². The monoisotopic (exact) mass is 235 g/mol. The standard InChI is InChI=1S/C15H25NO/c1-12(2)7-8-15(10-16,11-17)14-6-4-5-13(3)9-14/h4-6,9,12,17H,7-8,10-11,16H2,1-3H3. The second-order valence-corrected chi connectivity index (χ2v) is 5.44. The van der Waals surface area contributed by atoms with Crippen LogP contribution in [0.5, 0.6) is 0 Å². The molecule has 17 heavy (non-hydrogen) atoms. The molecule has 0 saturated carbocycles. The molecule has 1 unspecified atom stereocenters. The van der Waals surface area contributed by atoms with Gasteiger partial charge in [0.1, 0.15) is 0 Å². The Balaban J connectivity index is 2.97. The van der Waals surface area contributed by atoms with Crippen molar-refractivity contribution in [1.82, 2.24) is 0 Å². The SMILES string of the molecule is Cc1cccc(C(CN)(CO)CCC(C)C)c1. The van der Waals surface area contributed by atoms with E-state index in [4.69, 9.17) is 5.73 Å². The predicted octanol–water partition coefficient (Wildman–Crippen LogP) is 2.62. The summed E-state index contributed by atoms with van der Waals surface area (Å²) in [5, 5.41) is 9.75. The van der Waals surface area contributed by atoms with Crippen LogP contribution in [0.1, 0.15) is 37.8 Å². The van der Waals surface area contributed by atoms with Gasteiger partial charge in [0.15, 0.2) is 0 Å². The molecule has 0 amide bonds. The molecule has 0 aliphatic carbocycles. The third-order valence-electron chi connectivity index (χ3n) is 3.52. The zero-order valence-electron chi connectivity index (χ0n) is 11.2. The van der Waals surface area contributed by atoms with Crippen molar-refractivity contribution in [1.29, 1.82) is 0 Å². The highest BCUT2D eigenvalue weighted by Crippen LogP contribution is 2.30. The Labute approximate surface area is 105 Å². The van der Waals surface area contributed by atoms with E-state index in [2.05, 4.69) is 39.0 Å². The summed E-state index contributed by atoms with van der Waals surface area (Å²) in [6.45, 7) is 7.10. The summed E-state index contributed by atoms with van der Waals surface area (Å²) in [6.07, 6.45) is 2.03. The number of aliphatic hydroxyl groups excluding tert-OH is 1. The van der Waals surface area contributed by atoms with Crippen LogP contribution < -0.4 is 5.73 Å². The first kappa shape index (κ1) is 14.2. The van der Waals surface area contributed by atoms with E-state index in [-0.39, 0.29) is 12.0 Å². The molecular weight excluding hydrogens is 210 g/mol. The molecule has 96 valence electrons. The number of hydrogen-bond donors (Lipinski definition) is 2. The third-order valence-corrected chi connectivity index (χ3v) is 3.52. The molecule has 1 atom stereocenters. The molecule has 0 fully saturated rings. The largest absolute Gasteiger partial charge is 0.395 e. The Morgan fingerprint density at radius 3 is 2.53 bits per heavy atom. The van der Waals surface area contributed by atoms with Gasteiger partial charge in [0.2, 0.25) is 0 Å². The van der Waals surface area contributed by atoms with Crippen LogP contribution in [0.2, 0.25) is 0 Å². The van der Waals surface area contributed by atoms with Gasteiger partial charge in [-0.25, -0.2) is 0 Å². The lowest BCUT2D eigenvalue weighted by molar-refractivity contribution is 0.181. The van der Waals surface area contributed by atoms with Crippen LogP contribution in [0.4, 0.5) is 0 Å². The van der Waals surface area contributed by atoms with Crippen molar-refractivity contribution >= 4 is 0 Å². The number of benzene rings is 1. The Morgan fingerprint density at radius 1 is 1.35 bits per heavy atom. The second kappa shape index (κ2) is 6.18. The summed E-state index contributed by atoms with van der Waals surface area (Å²) >= 11 is 0. The van der Waals surface area contributed by atoms with Crippen LogP contribution in [-0.4, -0.2) is 18.3 Å². The number of aryl methyl sites for hydroxylation is 1. The van der Waals surface area contributed by atoms with Gasteiger partial charge in [0.05, 0.1) is 6.61 Å². The van der Waals surface area contributed by atoms with Crippen molar-refractivity contribution < 1.29 is 5.11 Å². The average Bonchev–Trinajstić information content (AvgIpc) is 2.31. The summed E-state index contributed by atoms with van der Waals surface area (Å²) < 4.78 is 0.